The molecule has 3 heterocycles. The molecular formula is C29H46N2O6. The Kier molecular flexibility index (Phi) is 8.64. The Labute approximate surface area is 222 Å². The summed E-state index contributed by atoms with van der Waals surface area (Å²) in [6.45, 7) is 19.4. The van der Waals surface area contributed by atoms with Crippen molar-refractivity contribution in [2.24, 2.45) is 17.8 Å². The van der Waals surface area contributed by atoms with Gasteiger partial charge in [-0.15, -0.1) is 13.2 Å². The molecular weight excluding hydrogens is 472 g/mol. The smallest absolute Gasteiger partial charge is 0.312 e. The fraction of sp³-hybridized carbons (Fsp3) is 0.759. The van der Waals surface area contributed by atoms with E-state index in [2.05, 4.69) is 13.2 Å². The maximum Gasteiger partial charge on any atom is 0.312 e. The van der Waals surface area contributed by atoms with E-state index in [1.54, 1.807) is 22.0 Å². The van der Waals surface area contributed by atoms with Crippen LogP contribution in [0.1, 0.15) is 73.6 Å². The van der Waals surface area contributed by atoms with E-state index in [-0.39, 0.29) is 30.9 Å². The van der Waals surface area contributed by atoms with Crippen LogP contribution in [0.5, 0.6) is 0 Å². The minimum absolute atomic E-state index is 0.108. The van der Waals surface area contributed by atoms with Gasteiger partial charge in [-0.2, -0.15) is 0 Å². The highest BCUT2D eigenvalue weighted by molar-refractivity contribution is 5.99. The van der Waals surface area contributed by atoms with Crippen molar-refractivity contribution in [3.63, 3.8) is 0 Å². The molecule has 8 nitrogen and oxygen atoms in total. The standard InChI is InChI=1S/C29H46N2O6/c1-9-12-13-17-36-26(35)22-21-24(33)31(20(18-32)19(4)5)23(25(34)30(16-10-2)27(6,7)8)29(21)15-14-28(22,11-3)37-29/h9-10,19-23,32H,1-2,11-18H2,3-8H3/t20-,21-,22-,23?,28+,29?/m0/s1. The monoisotopic (exact) mass is 518 g/mol. The van der Waals surface area contributed by atoms with E-state index in [9.17, 15) is 19.5 Å². The van der Waals surface area contributed by atoms with Crippen molar-refractivity contribution in [3.8, 4) is 0 Å². The van der Waals surface area contributed by atoms with Crippen LogP contribution in [0, 0.1) is 17.8 Å². The molecule has 0 aromatic heterocycles. The second kappa shape index (κ2) is 10.9. The summed E-state index contributed by atoms with van der Waals surface area (Å²) < 4.78 is 12.5. The number of aliphatic hydroxyl groups is 1. The van der Waals surface area contributed by atoms with Gasteiger partial charge in [0.25, 0.3) is 0 Å². The van der Waals surface area contributed by atoms with Crippen LogP contribution in [0.2, 0.25) is 0 Å². The van der Waals surface area contributed by atoms with Gasteiger partial charge in [0.1, 0.15) is 17.6 Å². The number of likely N-dealkylation sites (tertiary alicyclic amines) is 1. The summed E-state index contributed by atoms with van der Waals surface area (Å²) >= 11 is 0. The number of aliphatic hydroxyl groups excluding tert-OH is 1. The zero-order chi connectivity index (χ0) is 27.8. The second-order valence-electron chi connectivity index (χ2n) is 12.1. The number of carbonyl (C=O) groups excluding carboxylic acids is 3. The number of nitrogens with zero attached hydrogens (tertiary/aromatic N) is 2. The first kappa shape index (κ1) is 29.4. The largest absolute Gasteiger partial charge is 0.465 e. The SMILES string of the molecule is C=CCCCOC(=O)[C@@H]1[C@H]2C(=O)N([C@@H](CO)C(C)C)C(C(=O)N(CC=C)C(C)(C)C)C23CC[C@@]1(CC)O3. The Morgan fingerprint density at radius 1 is 1.27 bits per heavy atom. The van der Waals surface area contributed by atoms with Crippen molar-refractivity contribution in [2.45, 2.75) is 102 Å². The number of allylic oxidation sites excluding steroid dienone is 1. The molecule has 208 valence electrons. The fourth-order valence-electron chi connectivity index (χ4n) is 6.73. The fourth-order valence-corrected chi connectivity index (χ4v) is 6.73. The Morgan fingerprint density at radius 3 is 2.46 bits per heavy atom. The summed E-state index contributed by atoms with van der Waals surface area (Å²) in [4.78, 5) is 45.5. The van der Waals surface area contributed by atoms with Crippen LogP contribution in [0.4, 0.5) is 0 Å². The number of ether oxygens (including phenoxy) is 2. The number of carbonyl (C=O) groups is 3. The number of hydrogen-bond donors (Lipinski definition) is 1. The number of esters is 1. The zero-order valence-corrected chi connectivity index (χ0v) is 23.5. The third-order valence-electron chi connectivity index (χ3n) is 8.60. The quantitative estimate of drug-likeness (QED) is 0.241. The average Bonchev–Trinajstić information content (AvgIpc) is 3.43. The van der Waals surface area contributed by atoms with Crippen LogP contribution < -0.4 is 0 Å². The van der Waals surface area contributed by atoms with Crippen LogP contribution in [0.3, 0.4) is 0 Å². The molecule has 0 aromatic carbocycles. The molecule has 0 aromatic rings. The molecule has 37 heavy (non-hydrogen) atoms. The predicted octanol–water partition coefficient (Wildman–Crippen LogP) is 3.48. The van der Waals surface area contributed by atoms with E-state index < -0.39 is 46.6 Å². The third-order valence-corrected chi connectivity index (χ3v) is 8.60. The van der Waals surface area contributed by atoms with Gasteiger partial charge in [0, 0.05) is 12.1 Å². The van der Waals surface area contributed by atoms with E-state index >= 15 is 0 Å². The van der Waals surface area contributed by atoms with E-state index in [4.69, 9.17) is 9.47 Å². The first-order valence-electron chi connectivity index (χ1n) is 13.7. The summed E-state index contributed by atoms with van der Waals surface area (Å²) in [5.41, 5.74) is -2.54. The molecule has 3 aliphatic rings. The van der Waals surface area contributed by atoms with Gasteiger partial charge >= 0.3 is 5.97 Å². The molecule has 8 heteroatoms. The maximum absolute atomic E-state index is 14.4. The van der Waals surface area contributed by atoms with Gasteiger partial charge in [-0.1, -0.05) is 32.9 Å². The predicted molar refractivity (Wildman–Crippen MR) is 141 cm³/mol. The van der Waals surface area contributed by atoms with Gasteiger partial charge in [0.05, 0.1) is 30.8 Å². The van der Waals surface area contributed by atoms with Crippen LogP contribution in [0.25, 0.3) is 0 Å². The lowest BCUT2D eigenvalue weighted by Crippen LogP contribution is -2.62. The van der Waals surface area contributed by atoms with Gasteiger partial charge in [0.2, 0.25) is 11.8 Å². The highest BCUT2D eigenvalue weighted by Crippen LogP contribution is 2.65. The summed E-state index contributed by atoms with van der Waals surface area (Å²) in [5, 5.41) is 10.4. The molecule has 2 amide bonds. The Morgan fingerprint density at radius 2 is 1.95 bits per heavy atom. The lowest BCUT2D eigenvalue weighted by molar-refractivity contribution is -0.165. The van der Waals surface area contributed by atoms with Crippen molar-refractivity contribution < 1.29 is 29.0 Å². The number of fused-ring (bicyclic) bond motifs is 1. The molecule has 3 fully saturated rings. The van der Waals surface area contributed by atoms with E-state index in [0.29, 0.717) is 32.2 Å². The highest BCUT2D eigenvalue weighted by atomic mass is 16.6. The van der Waals surface area contributed by atoms with Gasteiger partial charge in [0.15, 0.2) is 0 Å². The van der Waals surface area contributed by atoms with Crippen molar-refractivity contribution in [1.82, 2.24) is 9.80 Å². The summed E-state index contributed by atoms with van der Waals surface area (Å²) in [5.74, 6) is -2.72. The Hall–Kier alpha value is -2.19. The van der Waals surface area contributed by atoms with Crippen molar-refractivity contribution in [2.75, 3.05) is 19.8 Å². The molecule has 0 aliphatic carbocycles. The topological polar surface area (TPSA) is 96.4 Å². The minimum Gasteiger partial charge on any atom is -0.465 e. The molecule has 1 spiro atoms. The first-order chi connectivity index (χ1) is 17.4. The van der Waals surface area contributed by atoms with Crippen molar-refractivity contribution in [1.29, 1.82) is 0 Å². The summed E-state index contributed by atoms with van der Waals surface area (Å²) in [6, 6.07) is -1.54. The molecule has 2 bridgehead atoms. The Bertz CT molecular complexity index is 911. The van der Waals surface area contributed by atoms with Crippen molar-refractivity contribution >= 4 is 17.8 Å². The summed E-state index contributed by atoms with van der Waals surface area (Å²) in [7, 11) is 0. The molecule has 3 aliphatic heterocycles. The summed E-state index contributed by atoms with van der Waals surface area (Å²) in [6.07, 6.45) is 6.43. The lowest BCUT2D eigenvalue weighted by atomic mass is 9.65. The van der Waals surface area contributed by atoms with E-state index in [1.165, 1.54) is 0 Å². The van der Waals surface area contributed by atoms with Crippen molar-refractivity contribution in [3.05, 3.63) is 25.3 Å². The first-order valence-corrected chi connectivity index (χ1v) is 13.7. The maximum atomic E-state index is 14.4. The van der Waals surface area contributed by atoms with Gasteiger partial charge in [-0.25, -0.2) is 0 Å². The number of hydrogen-bond acceptors (Lipinski definition) is 6. The molecule has 0 radical (unpaired) electrons. The zero-order valence-electron chi connectivity index (χ0n) is 23.5. The molecule has 2 unspecified atom stereocenters. The second-order valence-corrected chi connectivity index (χ2v) is 12.1. The normalized spacial score (nSPS) is 31.4. The molecule has 3 rings (SSSR count). The Balaban J connectivity index is 2.13. The molecule has 6 atom stereocenters. The molecule has 3 saturated heterocycles. The van der Waals surface area contributed by atoms with Crippen LogP contribution in [0.15, 0.2) is 25.3 Å². The van der Waals surface area contributed by atoms with E-state index in [0.717, 1.165) is 6.42 Å². The van der Waals surface area contributed by atoms with E-state index in [1.807, 2.05) is 41.5 Å². The van der Waals surface area contributed by atoms with Gasteiger partial charge < -0.3 is 24.4 Å². The van der Waals surface area contributed by atoms with Gasteiger partial charge in [-0.3, -0.25) is 14.4 Å². The number of amides is 2. The average molecular weight is 519 g/mol. The third kappa shape index (κ3) is 4.76. The van der Waals surface area contributed by atoms with Crippen LogP contribution in [-0.2, 0) is 23.9 Å². The number of unbranched alkanes of at least 4 members (excludes halogenated alkanes) is 1. The molecule has 1 N–H and O–H groups in total. The number of rotatable bonds is 12. The highest BCUT2D eigenvalue weighted by Gasteiger charge is 2.79. The minimum atomic E-state index is -1.15. The lowest BCUT2D eigenvalue weighted by Gasteiger charge is -2.44. The van der Waals surface area contributed by atoms with Crippen LogP contribution in [-0.4, -0.2) is 81.3 Å². The van der Waals surface area contributed by atoms with Gasteiger partial charge in [-0.05, 0) is 58.8 Å². The molecule has 0 saturated carbocycles. The van der Waals surface area contributed by atoms with Crippen LogP contribution >= 0.6 is 0 Å².